The van der Waals surface area contributed by atoms with E-state index in [1.165, 1.54) is 4.90 Å². The topological polar surface area (TPSA) is 101 Å². The molecule has 0 bridgehead atoms. The molecule has 0 radical (unpaired) electrons. The van der Waals surface area contributed by atoms with Gasteiger partial charge in [-0.25, -0.2) is 0 Å². The highest BCUT2D eigenvalue weighted by molar-refractivity contribution is 5.95. The van der Waals surface area contributed by atoms with Crippen molar-refractivity contribution in [3.63, 3.8) is 0 Å². The minimum Gasteiger partial charge on any atom is -0.483 e. The van der Waals surface area contributed by atoms with Gasteiger partial charge in [-0.05, 0) is 12.1 Å². The lowest BCUT2D eigenvalue weighted by Crippen LogP contribution is -2.31. The Morgan fingerprint density at radius 3 is 2.81 bits per heavy atom. The molecule has 110 valence electrons. The smallest absolute Gasteiger partial charge is 0.260 e. The molecule has 7 nitrogen and oxygen atoms in total. The molecule has 0 saturated carbocycles. The standard InChI is InChI=1S/C14H16N4O3/c1-18(8-10-6-16-17-7-10)13(19)9-21-12-5-3-2-4-11(12)14(15)20/h2-7H,8-9H2,1H3,(H2,15,20)(H,16,17). The Bertz CT molecular complexity index is 625. The van der Waals surface area contributed by atoms with Gasteiger partial charge < -0.3 is 15.4 Å². The van der Waals surface area contributed by atoms with Gasteiger partial charge >= 0.3 is 0 Å². The van der Waals surface area contributed by atoms with E-state index in [1.54, 1.807) is 43.7 Å². The maximum atomic E-state index is 12.0. The van der Waals surface area contributed by atoms with E-state index in [2.05, 4.69) is 10.2 Å². The van der Waals surface area contributed by atoms with Crippen molar-refractivity contribution >= 4 is 11.8 Å². The summed E-state index contributed by atoms with van der Waals surface area (Å²) in [5.74, 6) is -0.504. The number of nitrogens with two attached hydrogens (primary N) is 1. The van der Waals surface area contributed by atoms with Gasteiger partial charge in [-0.3, -0.25) is 14.7 Å². The zero-order valence-corrected chi connectivity index (χ0v) is 11.6. The average Bonchev–Trinajstić information content (AvgIpc) is 2.97. The van der Waals surface area contributed by atoms with Crippen LogP contribution in [0.4, 0.5) is 0 Å². The Morgan fingerprint density at radius 2 is 2.14 bits per heavy atom. The van der Waals surface area contributed by atoms with Crippen LogP contribution < -0.4 is 10.5 Å². The molecule has 0 atom stereocenters. The van der Waals surface area contributed by atoms with Crippen LogP contribution in [0.25, 0.3) is 0 Å². The number of aromatic nitrogens is 2. The van der Waals surface area contributed by atoms with Crippen LogP contribution in [0.1, 0.15) is 15.9 Å². The molecule has 0 aliphatic rings. The van der Waals surface area contributed by atoms with Crippen molar-refractivity contribution in [2.24, 2.45) is 5.73 Å². The minimum absolute atomic E-state index is 0.168. The Labute approximate surface area is 121 Å². The average molecular weight is 288 g/mol. The van der Waals surface area contributed by atoms with Crippen molar-refractivity contribution < 1.29 is 14.3 Å². The Hall–Kier alpha value is -2.83. The highest BCUT2D eigenvalue weighted by atomic mass is 16.5. The largest absolute Gasteiger partial charge is 0.483 e. The molecule has 1 aromatic heterocycles. The number of H-pyrrole nitrogens is 1. The van der Waals surface area contributed by atoms with Crippen LogP contribution in [0.15, 0.2) is 36.7 Å². The van der Waals surface area contributed by atoms with E-state index in [1.807, 2.05) is 0 Å². The number of likely N-dealkylation sites (N-methyl/N-ethyl adjacent to an activating group) is 1. The second-order valence-electron chi connectivity index (χ2n) is 4.51. The monoisotopic (exact) mass is 288 g/mol. The summed E-state index contributed by atoms with van der Waals surface area (Å²) in [7, 11) is 1.67. The summed E-state index contributed by atoms with van der Waals surface area (Å²) in [4.78, 5) is 24.7. The number of nitrogens with zero attached hydrogens (tertiary/aromatic N) is 2. The lowest BCUT2D eigenvalue weighted by Gasteiger charge is -2.17. The second kappa shape index (κ2) is 6.56. The number of carbonyl (C=O) groups excluding carboxylic acids is 2. The first-order chi connectivity index (χ1) is 10.1. The number of aromatic amines is 1. The Morgan fingerprint density at radius 1 is 1.38 bits per heavy atom. The third kappa shape index (κ3) is 3.82. The fourth-order valence-corrected chi connectivity index (χ4v) is 1.77. The van der Waals surface area contributed by atoms with Gasteiger partial charge in [0.25, 0.3) is 11.8 Å². The quantitative estimate of drug-likeness (QED) is 0.810. The van der Waals surface area contributed by atoms with Crippen LogP contribution in [0.3, 0.4) is 0 Å². The van der Waals surface area contributed by atoms with Crippen molar-refractivity contribution in [2.45, 2.75) is 6.54 Å². The number of hydrogen-bond acceptors (Lipinski definition) is 4. The predicted octanol–water partition coefficient (Wildman–Crippen LogP) is 0.546. The molecule has 0 spiro atoms. The molecule has 0 fully saturated rings. The molecule has 0 unspecified atom stereocenters. The van der Waals surface area contributed by atoms with Crippen LogP contribution in [-0.4, -0.2) is 40.6 Å². The van der Waals surface area contributed by atoms with Crippen molar-refractivity contribution in [3.8, 4) is 5.75 Å². The SMILES string of the molecule is CN(Cc1cn[nH]c1)C(=O)COc1ccccc1C(N)=O. The molecule has 0 aliphatic heterocycles. The summed E-state index contributed by atoms with van der Waals surface area (Å²) in [6.07, 6.45) is 3.36. The van der Waals surface area contributed by atoms with Crippen LogP contribution in [0.5, 0.6) is 5.75 Å². The van der Waals surface area contributed by atoms with E-state index >= 15 is 0 Å². The highest BCUT2D eigenvalue weighted by Gasteiger charge is 2.13. The number of hydrogen-bond donors (Lipinski definition) is 2. The summed E-state index contributed by atoms with van der Waals surface area (Å²) >= 11 is 0. The molecule has 0 aliphatic carbocycles. The zero-order valence-electron chi connectivity index (χ0n) is 11.6. The van der Waals surface area contributed by atoms with E-state index < -0.39 is 5.91 Å². The van der Waals surface area contributed by atoms with Crippen molar-refractivity contribution in [1.29, 1.82) is 0 Å². The second-order valence-corrected chi connectivity index (χ2v) is 4.51. The maximum Gasteiger partial charge on any atom is 0.260 e. The summed E-state index contributed by atoms with van der Waals surface area (Å²) in [5, 5.41) is 6.49. The number of rotatable bonds is 6. The number of carbonyl (C=O) groups is 2. The van der Waals surface area contributed by atoms with E-state index in [-0.39, 0.29) is 18.1 Å². The number of ether oxygens (including phenoxy) is 1. The lowest BCUT2D eigenvalue weighted by molar-refractivity contribution is -0.132. The molecule has 7 heteroatoms. The van der Waals surface area contributed by atoms with Crippen molar-refractivity contribution in [1.82, 2.24) is 15.1 Å². The molecular formula is C14H16N4O3. The van der Waals surface area contributed by atoms with Crippen LogP contribution in [0, 0.1) is 0 Å². The molecule has 3 N–H and O–H groups in total. The Kier molecular flexibility index (Phi) is 4.55. The number of para-hydroxylation sites is 1. The molecule has 2 amide bonds. The lowest BCUT2D eigenvalue weighted by atomic mass is 10.2. The maximum absolute atomic E-state index is 12.0. The fraction of sp³-hybridized carbons (Fsp3) is 0.214. The van der Waals surface area contributed by atoms with Crippen molar-refractivity contribution in [3.05, 3.63) is 47.8 Å². The van der Waals surface area contributed by atoms with Crippen LogP contribution in [0.2, 0.25) is 0 Å². The van der Waals surface area contributed by atoms with E-state index in [9.17, 15) is 9.59 Å². The van der Waals surface area contributed by atoms with Crippen LogP contribution >= 0.6 is 0 Å². The molecule has 1 aromatic carbocycles. The first-order valence-electron chi connectivity index (χ1n) is 6.31. The van der Waals surface area contributed by atoms with Gasteiger partial charge in [0.2, 0.25) is 0 Å². The molecule has 2 rings (SSSR count). The van der Waals surface area contributed by atoms with Crippen LogP contribution in [-0.2, 0) is 11.3 Å². The number of primary amides is 1. The molecule has 2 aromatic rings. The van der Waals surface area contributed by atoms with Gasteiger partial charge in [0.1, 0.15) is 5.75 Å². The van der Waals surface area contributed by atoms with E-state index in [0.29, 0.717) is 12.3 Å². The first kappa shape index (κ1) is 14.6. The number of amides is 2. The number of nitrogens with one attached hydrogen (secondary N) is 1. The normalized spacial score (nSPS) is 10.1. The summed E-state index contributed by atoms with van der Waals surface area (Å²) < 4.78 is 5.39. The third-order valence-corrected chi connectivity index (χ3v) is 2.90. The summed E-state index contributed by atoms with van der Waals surface area (Å²) in [6, 6.07) is 6.54. The summed E-state index contributed by atoms with van der Waals surface area (Å²) in [6.45, 7) is 0.259. The third-order valence-electron chi connectivity index (χ3n) is 2.90. The highest BCUT2D eigenvalue weighted by Crippen LogP contribution is 2.17. The number of benzene rings is 1. The molecule has 1 heterocycles. The van der Waals surface area contributed by atoms with Gasteiger partial charge in [0.05, 0.1) is 11.8 Å². The van der Waals surface area contributed by atoms with Gasteiger partial charge in [-0.2, -0.15) is 5.10 Å². The first-order valence-corrected chi connectivity index (χ1v) is 6.31. The van der Waals surface area contributed by atoms with Gasteiger partial charge in [-0.15, -0.1) is 0 Å². The van der Waals surface area contributed by atoms with Crippen molar-refractivity contribution in [2.75, 3.05) is 13.7 Å². The summed E-state index contributed by atoms with van der Waals surface area (Å²) in [5.41, 5.74) is 6.39. The Balaban J connectivity index is 1.93. The minimum atomic E-state index is -0.593. The molecule has 21 heavy (non-hydrogen) atoms. The predicted molar refractivity (Wildman–Crippen MR) is 75.5 cm³/mol. The van der Waals surface area contributed by atoms with E-state index in [0.717, 1.165) is 5.56 Å². The van der Waals surface area contributed by atoms with E-state index in [4.69, 9.17) is 10.5 Å². The molecule has 0 saturated heterocycles. The zero-order chi connectivity index (χ0) is 15.2. The van der Waals surface area contributed by atoms with Gasteiger partial charge in [0, 0.05) is 25.4 Å². The fourth-order valence-electron chi connectivity index (χ4n) is 1.77. The molecular weight excluding hydrogens is 272 g/mol. The van der Waals surface area contributed by atoms with Gasteiger partial charge in [-0.1, -0.05) is 12.1 Å². The van der Waals surface area contributed by atoms with Gasteiger partial charge in [0.15, 0.2) is 6.61 Å².